The molecule has 2 unspecified atom stereocenters. The maximum atomic E-state index is 6.23. The molecule has 0 aromatic heterocycles. The fourth-order valence-corrected chi connectivity index (χ4v) is 3.05. The Labute approximate surface area is 135 Å². The van der Waals surface area contributed by atoms with Crippen molar-refractivity contribution in [2.75, 3.05) is 6.54 Å². The third-order valence-electron chi connectivity index (χ3n) is 3.75. The summed E-state index contributed by atoms with van der Waals surface area (Å²) in [6.45, 7) is 1.00. The fourth-order valence-electron chi connectivity index (χ4n) is 2.72. The quantitative estimate of drug-likeness (QED) is 0.871. The van der Waals surface area contributed by atoms with Crippen LogP contribution in [-0.4, -0.2) is 12.6 Å². The van der Waals surface area contributed by atoms with E-state index in [4.69, 9.17) is 27.9 Å². The van der Waals surface area contributed by atoms with Gasteiger partial charge in [0.1, 0.15) is 16.9 Å². The minimum atomic E-state index is 0.0529. The lowest BCUT2D eigenvalue weighted by Crippen LogP contribution is -2.41. The molecule has 0 bridgehead atoms. The number of halogens is 2. The molecule has 0 saturated carbocycles. The Morgan fingerprint density at radius 2 is 1.81 bits per heavy atom. The molecule has 1 saturated heterocycles. The van der Waals surface area contributed by atoms with Gasteiger partial charge in [0.05, 0.1) is 11.1 Å². The molecule has 2 nitrogen and oxygen atoms in total. The van der Waals surface area contributed by atoms with Crippen molar-refractivity contribution in [3.05, 3.63) is 64.1 Å². The normalized spacial score (nSPS) is 22.0. The highest BCUT2D eigenvalue weighted by Crippen LogP contribution is 2.35. The van der Waals surface area contributed by atoms with Crippen molar-refractivity contribution < 1.29 is 4.74 Å². The molecular formula is C17H17Cl2NO. The number of benzene rings is 2. The van der Waals surface area contributed by atoms with Crippen LogP contribution in [0.3, 0.4) is 0 Å². The van der Waals surface area contributed by atoms with Crippen LogP contribution in [0.4, 0.5) is 0 Å². The lowest BCUT2D eigenvalue weighted by Gasteiger charge is -2.33. The van der Waals surface area contributed by atoms with Gasteiger partial charge in [-0.2, -0.15) is 0 Å². The minimum Gasteiger partial charge on any atom is -0.487 e. The number of hydrogen-bond donors (Lipinski definition) is 1. The van der Waals surface area contributed by atoms with E-state index in [-0.39, 0.29) is 12.1 Å². The van der Waals surface area contributed by atoms with Crippen LogP contribution in [0.2, 0.25) is 10.0 Å². The van der Waals surface area contributed by atoms with Crippen LogP contribution in [0.5, 0.6) is 5.75 Å². The Hall–Kier alpha value is -1.22. The fraction of sp³-hybridized carbons (Fsp3) is 0.294. The standard InChI is InChI=1S/C17H17Cl2NO/c18-13-8-4-9-14(16(13)19)21-15-10-5-11-20-17(15)12-6-2-1-3-7-12/h1-4,6-9,15,17,20H,5,10-11H2. The van der Waals surface area contributed by atoms with Crippen molar-refractivity contribution in [3.8, 4) is 5.75 Å². The molecule has 0 spiro atoms. The van der Waals surface area contributed by atoms with E-state index in [1.54, 1.807) is 6.07 Å². The van der Waals surface area contributed by atoms with Crippen LogP contribution in [0.15, 0.2) is 48.5 Å². The van der Waals surface area contributed by atoms with Gasteiger partial charge in [-0.15, -0.1) is 0 Å². The van der Waals surface area contributed by atoms with Gasteiger partial charge in [0.15, 0.2) is 0 Å². The van der Waals surface area contributed by atoms with Gasteiger partial charge >= 0.3 is 0 Å². The zero-order valence-corrected chi connectivity index (χ0v) is 13.1. The number of hydrogen-bond acceptors (Lipinski definition) is 2. The molecule has 0 radical (unpaired) electrons. The lowest BCUT2D eigenvalue weighted by atomic mass is 9.94. The summed E-state index contributed by atoms with van der Waals surface area (Å²) in [7, 11) is 0. The van der Waals surface area contributed by atoms with E-state index < -0.39 is 0 Å². The van der Waals surface area contributed by atoms with Gasteiger partial charge < -0.3 is 10.1 Å². The van der Waals surface area contributed by atoms with Gasteiger partial charge in [-0.05, 0) is 37.1 Å². The zero-order chi connectivity index (χ0) is 14.7. The van der Waals surface area contributed by atoms with E-state index in [0.29, 0.717) is 15.8 Å². The highest BCUT2D eigenvalue weighted by Gasteiger charge is 2.28. The molecule has 1 fully saturated rings. The van der Waals surface area contributed by atoms with Gasteiger partial charge in [0.25, 0.3) is 0 Å². The molecule has 2 aromatic carbocycles. The van der Waals surface area contributed by atoms with Crippen LogP contribution < -0.4 is 10.1 Å². The first-order valence-corrected chi connectivity index (χ1v) is 7.90. The minimum absolute atomic E-state index is 0.0529. The summed E-state index contributed by atoms with van der Waals surface area (Å²) in [5.74, 6) is 0.652. The van der Waals surface area contributed by atoms with Gasteiger partial charge in [0.2, 0.25) is 0 Å². The SMILES string of the molecule is Clc1cccc(OC2CCCNC2c2ccccc2)c1Cl. The van der Waals surface area contributed by atoms with Crippen molar-refractivity contribution >= 4 is 23.2 Å². The molecule has 0 aliphatic carbocycles. The van der Waals surface area contributed by atoms with Crippen molar-refractivity contribution in [1.82, 2.24) is 5.32 Å². The summed E-state index contributed by atoms with van der Waals surface area (Å²) in [6, 6.07) is 16.0. The van der Waals surface area contributed by atoms with Gasteiger partial charge in [0, 0.05) is 0 Å². The monoisotopic (exact) mass is 321 g/mol. The molecule has 110 valence electrons. The van der Waals surface area contributed by atoms with Crippen molar-refractivity contribution in [3.63, 3.8) is 0 Å². The topological polar surface area (TPSA) is 21.3 Å². The van der Waals surface area contributed by atoms with Gasteiger partial charge in [-0.3, -0.25) is 0 Å². The number of rotatable bonds is 3. The molecule has 4 heteroatoms. The molecule has 1 N–H and O–H groups in total. The molecule has 2 aromatic rings. The predicted octanol–water partition coefficient (Wildman–Crippen LogP) is 4.87. The van der Waals surface area contributed by atoms with Crippen LogP contribution in [-0.2, 0) is 0 Å². The van der Waals surface area contributed by atoms with E-state index >= 15 is 0 Å². The Morgan fingerprint density at radius 1 is 1.00 bits per heavy atom. The Balaban J connectivity index is 1.83. The highest BCUT2D eigenvalue weighted by molar-refractivity contribution is 6.42. The molecule has 2 atom stereocenters. The first kappa shape index (κ1) is 14.7. The smallest absolute Gasteiger partial charge is 0.139 e. The summed E-state index contributed by atoms with van der Waals surface area (Å²) >= 11 is 12.3. The predicted molar refractivity (Wildman–Crippen MR) is 87.3 cm³/mol. The van der Waals surface area contributed by atoms with Gasteiger partial charge in [-0.1, -0.05) is 59.6 Å². The van der Waals surface area contributed by atoms with Crippen molar-refractivity contribution in [2.45, 2.75) is 25.0 Å². The second-order valence-electron chi connectivity index (χ2n) is 5.19. The largest absolute Gasteiger partial charge is 0.487 e. The van der Waals surface area contributed by atoms with E-state index in [1.807, 2.05) is 18.2 Å². The summed E-state index contributed by atoms with van der Waals surface area (Å²) < 4.78 is 6.16. The van der Waals surface area contributed by atoms with Gasteiger partial charge in [-0.25, -0.2) is 0 Å². The van der Waals surface area contributed by atoms with Crippen LogP contribution in [0.25, 0.3) is 0 Å². The Kier molecular flexibility index (Phi) is 4.69. The summed E-state index contributed by atoms with van der Waals surface area (Å²) in [4.78, 5) is 0. The molecule has 21 heavy (non-hydrogen) atoms. The van der Waals surface area contributed by atoms with Crippen LogP contribution in [0, 0.1) is 0 Å². The maximum absolute atomic E-state index is 6.23. The summed E-state index contributed by atoms with van der Waals surface area (Å²) in [6.07, 6.45) is 2.14. The molecule has 1 aliphatic heterocycles. The molecule has 0 amide bonds. The number of ether oxygens (including phenoxy) is 1. The molecule has 1 aliphatic rings. The Bertz CT molecular complexity index is 603. The maximum Gasteiger partial charge on any atom is 0.139 e. The third-order valence-corrected chi connectivity index (χ3v) is 4.56. The number of piperidine rings is 1. The zero-order valence-electron chi connectivity index (χ0n) is 11.6. The van der Waals surface area contributed by atoms with Crippen molar-refractivity contribution in [2.24, 2.45) is 0 Å². The molecule has 3 rings (SSSR count). The third kappa shape index (κ3) is 3.34. The molecular weight excluding hydrogens is 305 g/mol. The first-order chi connectivity index (χ1) is 10.3. The average Bonchev–Trinajstić information content (AvgIpc) is 2.53. The average molecular weight is 322 g/mol. The summed E-state index contributed by atoms with van der Waals surface area (Å²) in [5, 5.41) is 4.54. The van der Waals surface area contributed by atoms with E-state index in [1.165, 1.54) is 5.56 Å². The first-order valence-electron chi connectivity index (χ1n) is 7.14. The number of nitrogens with one attached hydrogen (secondary N) is 1. The lowest BCUT2D eigenvalue weighted by molar-refractivity contribution is 0.120. The molecule has 1 heterocycles. The van der Waals surface area contributed by atoms with Crippen molar-refractivity contribution in [1.29, 1.82) is 0 Å². The highest BCUT2D eigenvalue weighted by atomic mass is 35.5. The second-order valence-corrected chi connectivity index (χ2v) is 5.98. The van der Waals surface area contributed by atoms with E-state index in [0.717, 1.165) is 19.4 Å². The van der Waals surface area contributed by atoms with Crippen LogP contribution in [0.1, 0.15) is 24.4 Å². The second kappa shape index (κ2) is 6.69. The van der Waals surface area contributed by atoms with Crippen LogP contribution >= 0.6 is 23.2 Å². The van der Waals surface area contributed by atoms with E-state index in [9.17, 15) is 0 Å². The Morgan fingerprint density at radius 3 is 2.62 bits per heavy atom. The van der Waals surface area contributed by atoms with E-state index in [2.05, 4.69) is 29.6 Å². The summed E-state index contributed by atoms with van der Waals surface area (Å²) in [5.41, 5.74) is 1.24.